The lowest BCUT2D eigenvalue weighted by atomic mass is 10.2. The van der Waals surface area contributed by atoms with Crippen LogP contribution in [0.15, 0.2) is 47.2 Å². The summed E-state index contributed by atoms with van der Waals surface area (Å²) >= 11 is 1.21. The molecule has 0 aromatic carbocycles. The lowest BCUT2D eigenvalue weighted by Crippen LogP contribution is -2.22. The predicted octanol–water partition coefficient (Wildman–Crippen LogP) is 4.40. The van der Waals surface area contributed by atoms with Crippen molar-refractivity contribution in [2.75, 3.05) is 28.6 Å². The Hall–Kier alpha value is -3.13. The molecule has 0 radical (unpaired) electrons. The second-order valence-electron chi connectivity index (χ2n) is 6.09. The number of amides is 2. The van der Waals surface area contributed by atoms with E-state index in [0.717, 1.165) is 24.5 Å². The van der Waals surface area contributed by atoms with Gasteiger partial charge in [0, 0.05) is 13.1 Å². The Balaban J connectivity index is 1.67. The summed E-state index contributed by atoms with van der Waals surface area (Å²) in [6.07, 6.45) is 3.08. The first-order valence-electron chi connectivity index (χ1n) is 8.99. The Morgan fingerprint density at radius 1 is 1.14 bits per heavy atom. The normalized spacial score (nSPS) is 10.5. The maximum atomic E-state index is 12.6. The number of anilines is 3. The highest BCUT2D eigenvalue weighted by Gasteiger charge is 2.17. The molecule has 0 unspecified atom stereocenters. The van der Waals surface area contributed by atoms with E-state index in [1.165, 1.54) is 17.6 Å². The number of pyridine rings is 1. The molecular formula is C20H22N4O3S. The molecule has 2 N–H and O–H groups in total. The Morgan fingerprint density at radius 3 is 2.54 bits per heavy atom. The smallest absolute Gasteiger partial charge is 0.291 e. The molecule has 28 heavy (non-hydrogen) atoms. The average Bonchev–Trinajstić information content (AvgIpc) is 3.34. The topological polar surface area (TPSA) is 87.5 Å². The molecular weight excluding hydrogens is 376 g/mol. The summed E-state index contributed by atoms with van der Waals surface area (Å²) < 4.78 is 5.08. The van der Waals surface area contributed by atoms with Crippen molar-refractivity contribution in [1.29, 1.82) is 0 Å². The summed E-state index contributed by atoms with van der Waals surface area (Å²) in [5.74, 6) is 0.502. The molecule has 0 saturated heterocycles. The number of nitrogens with one attached hydrogen (secondary N) is 2. The van der Waals surface area contributed by atoms with Gasteiger partial charge in [-0.2, -0.15) is 0 Å². The number of rotatable bonds is 7. The number of furan rings is 1. The number of hydrogen-bond acceptors (Lipinski definition) is 6. The van der Waals surface area contributed by atoms with E-state index in [1.54, 1.807) is 24.4 Å². The van der Waals surface area contributed by atoms with Gasteiger partial charge in [0.25, 0.3) is 11.8 Å². The van der Waals surface area contributed by atoms with E-state index in [9.17, 15) is 9.59 Å². The fourth-order valence-corrected chi connectivity index (χ4v) is 3.70. The molecule has 3 aromatic heterocycles. The predicted molar refractivity (Wildman–Crippen MR) is 111 cm³/mol. The van der Waals surface area contributed by atoms with Crippen LogP contribution in [0.3, 0.4) is 0 Å². The van der Waals surface area contributed by atoms with Gasteiger partial charge < -0.3 is 20.0 Å². The van der Waals surface area contributed by atoms with Crippen molar-refractivity contribution in [2.24, 2.45) is 0 Å². The maximum absolute atomic E-state index is 12.6. The van der Waals surface area contributed by atoms with Crippen LogP contribution in [0.1, 0.15) is 39.6 Å². The fraction of sp³-hybridized carbons (Fsp3) is 0.250. The van der Waals surface area contributed by atoms with E-state index in [2.05, 4.69) is 34.4 Å². The monoisotopic (exact) mass is 398 g/mol. The molecule has 0 aliphatic rings. The molecule has 0 aliphatic carbocycles. The number of hydrogen-bond donors (Lipinski definition) is 2. The molecule has 3 aromatic rings. The van der Waals surface area contributed by atoms with Gasteiger partial charge >= 0.3 is 0 Å². The van der Waals surface area contributed by atoms with Crippen LogP contribution in [0.5, 0.6) is 0 Å². The third-order valence-corrected chi connectivity index (χ3v) is 5.35. The first-order valence-corrected chi connectivity index (χ1v) is 9.81. The lowest BCUT2D eigenvalue weighted by molar-refractivity contribution is 0.0995. The van der Waals surface area contributed by atoms with Crippen LogP contribution >= 0.6 is 11.3 Å². The summed E-state index contributed by atoms with van der Waals surface area (Å²) in [6.45, 7) is 7.72. The van der Waals surface area contributed by atoms with Gasteiger partial charge in [0.2, 0.25) is 0 Å². The summed E-state index contributed by atoms with van der Waals surface area (Å²) in [5.41, 5.74) is 1.40. The SMILES string of the molecule is CCN(CC)c1ccc(NC(=O)c2sc(NC(=O)c3ccco3)cc2C)cn1. The summed E-state index contributed by atoms with van der Waals surface area (Å²) in [5, 5.41) is 6.18. The number of aryl methyl sites for hydroxylation is 1. The second-order valence-corrected chi connectivity index (χ2v) is 7.14. The molecule has 0 fully saturated rings. The maximum Gasteiger partial charge on any atom is 0.291 e. The lowest BCUT2D eigenvalue weighted by Gasteiger charge is -2.19. The van der Waals surface area contributed by atoms with Gasteiger partial charge in [-0.05, 0) is 56.7 Å². The molecule has 3 heterocycles. The highest BCUT2D eigenvalue weighted by Crippen LogP contribution is 2.28. The average molecular weight is 398 g/mol. The van der Waals surface area contributed by atoms with Gasteiger partial charge in [0.15, 0.2) is 5.76 Å². The van der Waals surface area contributed by atoms with E-state index >= 15 is 0 Å². The van der Waals surface area contributed by atoms with Gasteiger partial charge in [0.05, 0.1) is 28.0 Å². The van der Waals surface area contributed by atoms with Crippen LogP contribution in [0.4, 0.5) is 16.5 Å². The van der Waals surface area contributed by atoms with Crippen molar-refractivity contribution in [2.45, 2.75) is 20.8 Å². The number of thiophene rings is 1. The zero-order valence-electron chi connectivity index (χ0n) is 16.0. The Kier molecular flexibility index (Phi) is 6.10. The summed E-state index contributed by atoms with van der Waals surface area (Å²) in [7, 11) is 0. The van der Waals surface area contributed by atoms with Gasteiger partial charge in [-0.25, -0.2) is 4.98 Å². The molecule has 0 bridgehead atoms. The minimum absolute atomic E-state index is 0.219. The molecule has 0 atom stereocenters. The van der Waals surface area contributed by atoms with E-state index in [-0.39, 0.29) is 17.6 Å². The molecule has 0 saturated carbocycles. The minimum atomic E-state index is -0.352. The number of carbonyl (C=O) groups is 2. The minimum Gasteiger partial charge on any atom is -0.459 e. The van der Waals surface area contributed by atoms with Crippen molar-refractivity contribution in [1.82, 2.24) is 4.98 Å². The Labute approximate surface area is 167 Å². The van der Waals surface area contributed by atoms with E-state index in [1.807, 2.05) is 19.1 Å². The molecule has 2 amide bonds. The number of aromatic nitrogens is 1. The van der Waals surface area contributed by atoms with E-state index < -0.39 is 0 Å². The molecule has 146 valence electrons. The number of carbonyl (C=O) groups excluding carboxylic acids is 2. The van der Waals surface area contributed by atoms with Crippen LogP contribution in [-0.2, 0) is 0 Å². The number of nitrogens with zero attached hydrogens (tertiary/aromatic N) is 2. The molecule has 0 spiro atoms. The van der Waals surface area contributed by atoms with Crippen LogP contribution < -0.4 is 15.5 Å². The van der Waals surface area contributed by atoms with Gasteiger partial charge in [-0.1, -0.05) is 0 Å². The van der Waals surface area contributed by atoms with Gasteiger partial charge in [-0.15, -0.1) is 11.3 Å². The first kappa shape index (κ1) is 19.6. The third kappa shape index (κ3) is 4.40. The standard InChI is InChI=1S/C20H22N4O3S/c1-4-24(5-2)16-9-8-14(12-21-16)22-20(26)18-13(3)11-17(28-18)23-19(25)15-7-6-10-27-15/h6-12H,4-5H2,1-3H3,(H,22,26)(H,23,25). The van der Waals surface area contributed by atoms with Crippen LogP contribution in [-0.4, -0.2) is 29.9 Å². The van der Waals surface area contributed by atoms with Crippen molar-refractivity contribution < 1.29 is 14.0 Å². The highest BCUT2D eigenvalue weighted by molar-refractivity contribution is 7.18. The summed E-state index contributed by atoms with van der Waals surface area (Å²) in [6, 6.07) is 8.72. The van der Waals surface area contributed by atoms with Crippen molar-refractivity contribution in [3.8, 4) is 0 Å². The van der Waals surface area contributed by atoms with Crippen LogP contribution in [0, 0.1) is 6.92 Å². The second kappa shape index (κ2) is 8.71. The molecule has 3 rings (SSSR count). The Bertz CT molecular complexity index is 945. The first-order chi connectivity index (χ1) is 13.5. The van der Waals surface area contributed by atoms with Gasteiger partial charge in [0.1, 0.15) is 5.82 Å². The van der Waals surface area contributed by atoms with E-state index in [4.69, 9.17) is 4.42 Å². The zero-order valence-corrected chi connectivity index (χ0v) is 16.8. The molecule has 0 aliphatic heterocycles. The third-order valence-electron chi connectivity index (χ3n) is 4.20. The molecule has 7 nitrogen and oxygen atoms in total. The molecule has 8 heteroatoms. The summed E-state index contributed by atoms with van der Waals surface area (Å²) in [4.78, 5) is 31.8. The zero-order chi connectivity index (χ0) is 20.1. The van der Waals surface area contributed by atoms with E-state index in [0.29, 0.717) is 15.6 Å². The van der Waals surface area contributed by atoms with Crippen molar-refractivity contribution in [3.63, 3.8) is 0 Å². The quantitative estimate of drug-likeness (QED) is 0.616. The van der Waals surface area contributed by atoms with Crippen molar-refractivity contribution in [3.05, 3.63) is 59.0 Å². The van der Waals surface area contributed by atoms with Crippen LogP contribution in [0.25, 0.3) is 0 Å². The Morgan fingerprint density at radius 2 is 1.93 bits per heavy atom. The van der Waals surface area contributed by atoms with Crippen LogP contribution in [0.2, 0.25) is 0 Å². The largest absolute Gasteiger partial charge is 0.459 e. The van der Waals surface area contributed by atoms with Gasteiger partial charge in [-0.3, -0.25) is 9.59 Å². The van der Waals surface area contributed by atoms with Crippen molar-refractivity contribution >= 4 is 39.7 Å². The highest BCUT2D eigenvalue weighted by atomic mass is 32.1. The fourth-order valence-electron chi connectivity index (χ4n) is 2.73.